The molecule has 6 nitrogen and oxygen atoms in total. The first-order chi connectivity index (χ1) is 13.3. The lowest BCUT2D eigenvalue weighted by Crippen LogP contribution is -2.39. The van der Waals surface area contributed by atoms with Gasteiger partial charge in [-0.2, -0.15) is 0 Å². The summed E-state index contributed by atoms with van der Waals surface area (Å²) in [4.78, 5) is 40.4. The van der Waals surface area contributed by atoms with Gasteiger partial charge in [0.1, 0.15) is 6.29 Å². The number of nitrogens with zero attached hydrogens (tertiary/aromatic N) is 2. The number of aldehydes is 1. The fourth-order valence-corrected chi connectivity index (χ4v) is 4.20. The van der Waals surface area contributed by atoms with Gasteiger partial charge in [-0.15, -0.1) is 0 Å². The zero-order valence-electron chi connectivity index (χ0n) is 16.0. The first kappa shape index (κ1) is 18.2. The van der Waals surface area contributed by atoms with E-state index < -0.39 is 5.92 Å². The number of carbonyl (C=O) groups excluding carboxylic acids is 3. The number of rotatable bonds is 3. The van der Waals surface area contributed by atoms with Crippen LogP contribution in [0.5, 0.6) is 0 Å². The van der Waals surface area contributed by atoms with Crippen LogP contribution in [0.1, 0.15) is 36.2 Å². The molecular formula is C22H23N3O3. The van der Waals surface area contributed by atoms with E-state index in [9.17, 15) is 14.4 Å². The highest BCUT2D eigenvalue weighted by molar-refractivity contribution is 6.05. The molecule has 1 saturated heterocycles. The van der Waals surface area contributed by atoms with E-state index in [4.69, 9.17) is 5.73 Å². The van der Waals surface area contributed by atoms with Crippen LogP contribution in [-0.2, 0) is 15.0 Å². The van der Waals surface area contributed by atoms with Gasteiger partial charge in [0.25, 0.3) is 0 Å². The smallest absolute Gasteiger partial charge is 0.232 e. The minimum atomic E-state index is -0.401. The summed E-state index contributed by atoms with van der Waals surface area (Å²) in [6.07, 6.45) is 1.01. The van der Waals surface area contributed by atoms with Crippen LogP contribution >= 0.6 is 0 Å². The van der Waals surface area contributed by atoms with Gasteiger partial charge in [0.2, 0.25) is 11.8 Å². The molecule has 1 unspecified atom stereocenters. The van der Waals surface area contributed by atoms with Crippen LogP contribution in [0.2, 0.25) is 0 Å². The van der Waals surface area contributed by atoms with E-state index >= 15 is 0 Å². The van der Waals surface area contributed by atoms with Gasteiger partial charge >= 0.3 is 0 Å². The molecule has 0 saturated carbocycles. The molecule has 6 heteroatoms. The third-order valence-corrected chi connectivity index (χ3v) is 5.65. The number of nitrogen functional groups attached to an aromatic ring is 1. The van der Waals surface area contributed by atoms with Crippen LogP contribution in [0.3, 0.4) is 0 Å². The number of hydrogen-bond acceptors (Lipinski definition) is 4. The van der Waals surface area contributed by atoms with Crippen LogP contribution in [0.4, 0.5) is 17.1 Å². The molecule has 0 bridgehead atoms. The topological polar surface area (TPSA) is 83.7 Å². The van der Waals surface area contributed by atoms with Crippen molar-refractivity contribution in [2.45, 2.75) is 25.7 Å². The normalized spacial score (nSPS) is 20.4. The average molecular weight is 377 g/mol. The fourth-order valence-electron chi connectivity index (χ4n) is 4.20. The maximum atomic E-state index is 13.3. The van der Waals surface area contributed by atoms with E-state index in [-0.39, 0.29) is 23.7 Å². The molecule has 144 valence electrons. The summed E-state index contributed by atoms with van der Waals surface area (Å²) < 4.78 is 0. The van der Waals surface area contributed by atoms with Crippen molar-refractivity contribution >= 4 is 35.2 Å². The Morgan fingerprint density at radius 2 is 2.00 bits per heavy atom. The van der Waals surface area contributed by atoms with Crippen LogP contribution < -0.4 is 15.5 Å². The van der Waals surface area contributed by atoms with Crippen molar-refractivity contribution in [3.05, 3.63) is 53.6 Å². The molecular weight excluding hydrogens is 354 g/mol. The molecule has 2 heterocycles. The van der Waals surface area contributed by atoms with Crippen molar-refractivity contribution in [3.8, 4) is 0 Å². The quantitative estimate of drug-likeness (QED) is 0.658. The lowest BCUT2D eigenvalue weighted by Gasteiger charge is -2.23. The third-order valence-electron chi connectivity index (χ3n) is 5.65. The van der Waals surface area contributed by atoms with Gasteiger partial charge in [0, 0.05) is 47.6 Å². The summed E-state index contributed by atoms with van der Waals surface area (Å²) in [5.74, 6) is -0.522. The van der Waals surface area contributed by atoms with E-state index in [2.05, 4.69) is 13.8 Å². The predicted octanol–water partition coefficient (Wildman–Crippen LogP) is 2.76. The van der Waals surface area contributed by atoms with Gasteiger partial charge < -0.3 is 15.5 Å². The highest BCUT2D eigenvalue weighted by Gasteiger charge is 2.43. The Hall–Kier alpha value is -3.15. The Labute approximate surface area is 163 Å². The standard InChI is InChI=1S/C22H23N3O3/c1-22(2)13-25(19-7-6-14(12-26)8-18(19)22)21(28)15-9-20(27)24(11-15)17-5-3-4-16(23)10-17/h3-8,10,12,15H,9,11,13,23H2,1-2H3. The zero-order valence-corrected chi connectivity index (χ0v) is 16.0. The van der Waals surface area contributed by atoms with Crippen LogP contribution in [0, 0.1) is 5.92 Å². The molecule has 4 rings (SSSR count). The van der Waals surface area contributed by atoms with Gasteiger partial charge in [-0.05, 0) is 42.0 Å². The zero-order chi connectivity index (χ0) is 20.1. The summed E-state index contributed by atoms with van der Waals surface area (Å²) in [6, 6.07) is 12.6. The minimum Gasteiger partial charge on any atom is -0.399 e. The van der Waals surface area contributed by atoms with Gasteiger partial charge in [-0.3, -0.25) is 14.4 Å². The van der Waals surface area contributed by atoms with E-state index in [1.807, 2.05) is 18.2 Å². The second kappa shape index (κ2) is 6.48. The van der Waals surface area contributed by atoms with E-state index in [0.29, 0.717) is 24.3 Å². The maximum absolute atomic E-state index is 13.3. The van der Waals surface area contributed by atoms with Gasteiger partial charge in [-0.1, -0.05) is 19.9 Å². The molecule has 1 fully saturated rings. The molecule has 0 aromatic heterocycles. The van der Waals surface area contributed by atoms with Crippen molar-refractivity contribution in [2.75, 3.05) is 28.6 Å². The van der Waals surface area contributed by atoms with Crippen LogP contribution in [-0.4, -0.2) is 31.2 Å². The molecule has 0 aliphatic carbocycles. The number of carbonyl (C=O) groups is 3. The Morgan fingerprint density at radius 1 is 1.21 bits per heavy atom. The van der Waals surface area contributed by atoms with E-state index in [0.717, 1.165) is 23.2 Å². The summed E-state index contributed by atoms with van der Waals surface area (Å²) in [5, 5.41) is 0. The second-order valence-corrected chi connectivity index (χ2v) is 8.20. The second-order valence-electron chi connectivity index (χ2n) is 8.20. The molecule has 0 radical (unpaired) electrons. The predicted molar refractivity (Wildman–Crippen MR) is 109 cm³/mol. The highest BCUT2D eigenvalue weighted by atomic mass is 16.2. The van der Waals surface area contributed by atoms with Crippen molar-refractivity contribution in [1.82, 2.24) is 0 Å². The largest absolute Gasteiger partial charge is 0.399 e. The molecule has 2 aliphatic rings. The molecule has 2 aliphatic heterocycles. The van der Waals surface area contributed by atoms with Crippen molar-refractivity contribution in [1.29, 1.82) is 0 Å². The first-order valence-corrected chi connectivity index (χ1v) is 9.37. The lowest BCUT2D eigenvalue weighted by molar-refractivity contribution is -0.124. The number of nitrogens with two attached hydrogens (primary N) is 1. The molecule has 2 amide bonds. The van der Waals surface area contributed by atoms with Gasteiger partial charge in [0.15, 0.2) is 0 Å². The van der Waals surface area contributed by atoms with Gasteiger partial charge in [0.05, 0.1) is 5.92 Å². The Bertz CT molecular complexity index is 983. The van der Waals surface area contributed by atoms with E-state index in [1.54, 1.807) is 34.1 Å². The number of amides is 2. The molecule has 0 spiro atoms. The SMILES string of the molecule is CC1(C)CN(C(=O)C2CC(=O)N(c3cccc(N)c3)C2)c2ccc(C=O)cc21. The number of fused-ring (bicyclic) bond motifs is 1. The highest BCUT2D eigenvalue weighted by Crippen LogP contribution is 2.42. The summed E-state index contributed by atoms with van der Waals surface area (Å²) in [6.45, 7) is 5.01. The van der Waals surface area contributed by atoms with Gasteiger partial charge in [-0.25, -0.2) is 0 Å². The third kappa shape index (κ3) is 2.95. The Morgan fingerprint density at radius 3 is 2.71 bits per heavy atom. The van der Waals surface area contributed by atoms with Crippen molar-refractivity contribution in [3.63, 3.8) is 0 Å². The average Bonchev–Trinajstić information content (AvgIpc) is 3.18. The molecule has 1 atom stereocenters. The van der Waals surface area contributed by atoms with Crippen molar-refractivity contribution in [2.24, 2.45) is 5.92 Å². The van der Waals surface area contributed by atoms with E-state index in [1.165, 1.54) is 0 Å². The summed E-state index contributed by atoms with van der Waals surface area (Å²) in [7, 11) is 0. The van der Waals surface area contributed by atoms with Crippen molar-refractivity contribution < 1.29 is 14.4 Å². The maximum Gasteiger partial charge on any atom is 0.232 e. The summed E-state index contributed by atoms with van der Waals surface area (Å²) in [5.41, 5.74) is 9.31. The number of hydrogen-bond donors (Lipinski definition) is 1. The molecule has 2 aromatic carbocycles. The first-order valence-electron chi connectivity index (χ1n) is 9.37. The summed E-state index contributed by atoms with van der Waals surface area (Å²) >= 11 is 0. The Balaban J connectivity index is 1.60. The fraction of sp³-hybridized carbons (Fsp3) is 0.318. The number of benzene rings is 2. The number of anilines is 3. The minimum absolute atomic E-state index is 0.0505. The molecule has 2 aromatic rings. The monoisotopic (exact) mass is 377 g/mol. The lowest BCUT2D eigenvalue weighted by atomic mass is 9.86. The Kier molecular flexibility index (Phi) is 4.22. The molecule has 2 N–H and O–H groups in total. The van der Waals surface area contributed by atoms with Crippen LogP contribution in [0.25, 0.3) is 0 Å². The van der Waals surface area contributed by atoms with Crippen LogP contribution in [0.15, 0.2) is 42.5 Å². The molecule has 28 heavy (non-hydrogen) atoms.